The Morgan fingerprint density at radius 1 is 1.12 bits per heavy atom. The van der Waals surface area contributed by atoms with Crippen molar-refractivity contribution >= 4 is 17.2 Å². The predicted molar refractivity (Wildman–Crippen MR) is 93.7 cm³/mol. The first-order chi connectivity index (χ1) is 11.8. The van der Waals surface area contributed by atoms with E-state index in [9.17, 15) is 4.79 Å². The minimum atomic E-state index is 0.0823. The van der Waals surface area contributed by atoms with Crippen molar-refractivity contribution in [1.82, 2.24) is 15.5 Å². The molecule has 0 saturated carbocycles. The average Bonchev–Trinajstić information content (AvgIpc) is 3.29. The van der Waals surface area contributed by atoms with Gasteiger partial charge in [-0.1, -0.05) is 41.6 Å². The van der Waals surface area contributed by atoms with Crippen LogP contribution in [0.25, 0.3) is 11.4 Å². The zero-order valence-corrected chi connectivity index (χ0v) is 14.1. The Bertz CT molecular complexity index is 754. The Morgan fingerprint density at radius 2 is 2.00 bits per heavy atom. The average molecular weight is 341 g/mol. The van der Waals surface area contributed by atoms with Gasteiger partial charge < -0.3 is 9.84 Å². The van der Waals surface area contributed by atoms with Crippen molar-refractivity contribution in [3.8, 4) is 11.4 Å². The molecule has 0 radical (unpaired) electrons. The minimum absolute atomic E-state index is 0.0823. The molecular weight excluding hydrogens is 322 g/mol. The number of rotatable bonds is 8. The summed E-state index contributed by atoms with van der Waals surface area (Å²) >= 11 is 1.68. The third-order valence-corrected chi connectivity index (χ3v) is 4.50. The molecule has 0 unspecified atom stereocenters. The van der Waals surface area contributed by atoms with Gasteiger partial charge in [0.2, 0.25) is 17.6 Å². The van der Waals surface area contributed by atoms with Crippen LogP contribution in [0, 0.1) is 0 Å². The van der Waals surface area contributed by atoms with Gasteiger partial charge in [-0.05, 0) is 24.3 Å². The van der Waals surface area contributed by atoms with Gasteiger partial charge in [-0.25, -0.2) is 0 Å². The van der Waals surface area contributed by atoms with Crippen LogP contribution in [-0.2, 0) is 17.6 Å². The molecule has 2 aromatic heterocycles. The van der Waals surface area contributed by atoms with Crippen LogP contribution in [0.1, 0.15) is 23.6 Å². The number of nitrogens with zero attached hydrogens (tertiary/aromatic N) is 2. The van der Waals surface area contributed by atoms with Crippen LogP contribution >= 0.6 is 11.3 Å². The fraction of sp³-hybridized carbons (Fsp3) is 0.278. The molecule has 3 rings (SSSR count). The Hall–Kier alpha value is -2.47. The maximum absolute atomic E-state index is 11.8. The van der Waals surface area contributed by atoms with Gasteiger partial charge >= 0.3 is 0 Å². The molecule has 0 atom stereocenters. The lowest BCUT2D eigenvalue weighted by Crippen LogP contribution is -2.24. The first kappa shape index (κ1) is 16.4. The van der Waals surface area contributed by atoms with Crippen molar-refractivity contribution in [1.29, 1.82) is 0 Å². The number of hydrogen-bond acceptors (Lipinski definition) is 5. The summed E-state index contributed by atoms with van der Waals surface area (Å²) in [5.41, 5.74) is 0.939. The largest absolute Gasteiger partial charge is 0.356 e. The number of carbonyl (C=O) groups excluding carboxylic acids is 1. The van der Waals surface area contributed by atoms with Crippen LogP contribution in [0.15, 0.2) is 52.4 Å². The monoisotopic (exact) mass is 341 g/mol. The first-order valence-corrected chi connectivity index (χ1v) is 8.86. The maximum atomic E-state index is 11.8. The Morgan fingerprint density at radius 3 is 2.79 bits per heavy atom. The van der Waals surface area contributed by atoms with Gasteiger partial charge in [-0.2, -0.15) is 4.98 Å². The molecule has 24 heavy (non-hydrogen) atoms. The van der Waals surface area contributed by atoms with Gasteiger partial charge in [-0.15, -0.1) is 11.3 Å². The lowest BCUT2D eigenvalue weighted by Gasteiger charge is -2.03. The van der Waals surface area contributed by atoms with E-state index in [0.717, 1.165) is 18.4 Å². The SMILES string of the molecule is O=C(CCc1cccs1)NCCCc1nc(-c2ccccc2)no1. The van der Waals surface area contributed by atoms with Crippen LogP contribution in [0.5, 0.6) is 0 Å². The molecule has 3 aromatic rings. The normalized spacial score (nSPS) is 10.7. The van der Waals surface area contributed by atoms with Gasteiger partial charge in [0.15, 0.2) is 0 Å². The molecule has 0 aliphatic rings. The Labute approximate surface area is 144 Å². The molecule has 124 valence electrons. The summed E-state index contributed by atoms with van der Waals surface area (Å²) in [7, 11) is 0. The van der Waals surface area contributed by atoms with Crippen LogP contribution in [0.4, 0.5) is 0 Å². The van der Waals surface area contributed by atoms with Crippen molar-refractivity contribution in [3.63, 3.8) is 0 Å². The third-order valence-electron chi connectivity index (χ3n) is 3.57. The van der Waals surface area contributed by atoms with E-state index in [2.05, 4.69) is 21.5 Å². The van der Waals surface area contributed by atoms with Gasteiger partial charge in [0.05, 0.1) is 0 Å². The second-order valence-electron chi connectivity index (χ2n) is 5.41. The minimum Gasteiger partial charge on any atom is -0.356 e. The van der Waals surface area contributed by atoms with E-state index in [1.807, 2.05) is 41.8 Å². The molecule has 0 bridgehead atoms. The highest BCUT2D eigenvalue weighted by molar-refractivity contribution is 7.09. The highest BCUT2D eigenvalue weighted by Gasteiger charge is 2.08. The third kappa shape index (κ3) is 4.76. The van der Waals surface area contributed by atoms with E-state index >= 15 is 0 Å². The van der Waals surface area contributed by atoms with Crippen molar-refractivity contribution in [2.75, 3.05) is 6.54 Å². The van der Waals surface area contributed by atoms with Crippen molar-refractivity contribution in [2.24, 2.45) is 0 Å². The van der Waals surface area contributed by atoms with Crippen LogP contribution < -0.4 is 5.32 Å². The predicted octanol–water partition coefficient (Wildman–Crippen LogP) is 3.48. The molecule has 1 aromatic carbocycles. The topological polar surface area (TPSA) is 68.0 Å². The molecule has 0 saturated heterocycles. The summed E-state index contributed by atoms with van der Waals surface area (Å²) in [6.45, 7) is 0.617. The number of carbonyl (C=O) groups is 1. The van der Waals surface area contributed by atoms with Crippen molar-refractivity contribution in [3.05, 3.63) is 58.6 Å². The van der Waals surface area contributed by atoms with Crippen LogP contribution in [-0.4, -0.2) is 22.6 Å². The van der Waals surface area contributed by atoms with Crippen molar-refractivity contribution in [2.45, 2.75) is 25.7 Å². The van der Waals surface area contributed by atoms with E-state index in [1.54, 1.807) is 11.3 Å². The maximum Gasteiger partial charge on any atom is 0.227 e. The summed E-state index contributed by atoms with van der Waals surface area (Å²) in [6, 6.07) is 13.8. The number of aryl methyl sites for hydroxylation is 2. The van der Waals surface area contributed by atoms with E-state index in [0.29, 0.717) is 31.1 Å². The number of thiophene rings is 1. The number of benzene rings is 1. The van der Waals surface area contributed by atoms with Gasteiger partial charge in [0.25, 0.3) is 0 Å². The highest BCUT2D eigenvalue weighted by atomic mass is 32.1. The summed E-state index contributed by atoms with van der Waals surface area (Å²) in [4.78, 5) is 17.4. The zero-order valence-electron chi connectivity index (χ0n) is 13.3. The number of nitrogens with one attached hydrogen (secondary N) is 1. The van der Waals surface area contributed by atoms with E-state index < -0.39 is 0 Å². The molecule has 0 fully saturated rings. The molecule has 0 aliphatic heterocycles. The fourth-order valence-corrected chi connectivity index (χ4v) is 3.02. The van der Waals surface area contributed by atoms with Crippen LogP contribution in [0.3, 0.4) is 0 Å². The Balaban J connectivity index is 1.36. The molecular formula is C18H19N3O2S. The lowest BCUT2D eigenvalue weighted by atomic mass is 10.2. The fourth-order valence-electron chi connectivity index (χ4n) is 2.31. The molecule has 0 aliphatic carbocycles. The zero-order chi connectivity index (χ0) is 16.6. The second-order valence-corrected chi connectivity index (χ2v) is 6.44. The highest BCUT2D eigenvalue weighted by Crippen LogP contribution is 2.15. The number of amides is 1. The molecule has 6 heteroatoms. The smallest absolute Gasteiger partial charge is 0.227 e. The summed E-state index contributed by atoms with van der Waals surface area (Å²) in [5, 5.41) is 8.94. The molecule has 1 N–H and O–H groups in total. The lowest BCUT2D eigenvalue weighted by molar-refractivity contribution is -0.121. The molecule has 5 nitrogen and oxygen atoms in total. The summed E-state index contributed by atoms with van der Waals surface area (Å²) in [5.74, 6) is 1.28. The van der Waals surface area contributed by atoms with Gasteiger partial charge in [0.1, 0.15) is 0 Å². The first-order valence-electron chi connectivity index (χ1n) is 7.98. The Kier molecular flexibility index (Phi) is 5.74. The molecule has 1 amide bonds. The van der Waals surface area contributed by atoms with Gasteiger partial charge in [-0.3, -0.25) is 4.79 Å². The molecule has 2 heterocycles. The number of hydrogen-bond donors (Lipinski definition) is 1. The van der Waals surface area contributed by atoms with Crippen LogP contribution in [0.2, 0.25) is 0 Å². The van der Waals surface area contributed by atoms with E-state index in [4.69, 9.17) is 4.52 Å². The van der Waals surface area contributed by atoms with E-state index in [-0.39, 0.29) is 5.91 Å². The summed E-state index contributed by atoms with van der Waals surface area (Å²) < 4.78 is 5.25. The van der Waals surface area contributed by atoms with Crippen molar-refractivity contribution < 1.29 is 9.32 Å². The van der Waals surface area contributed by atoms with E-state index in [1.165, 1.54) is 4.88 Å². The van der Waals surface area contributed by atoms with Gasteiger partial charge in [0, 0.05) is 29.8 Å². The standard InChI is InChI=1S/C18H19N3O2S/c22-16(11-10-15-8-5-13-24-15)19-12-4-9-17-20-18(21-23-17)14-6-2-1-3-7-14/h1-3,5-8,13H,4,9-12H2,(H,19,22). The number of aromatic nitrogens is 2. The molecule has 0 spiro atoms. The summed E-state index contributed by atoms with van der Waals surface area (Å²) in [6.07, 6.45) is 2.76. The second kappa shape index (κ2) is 8.40. The quantitative estimate of drug-likeness (QED) is 0.637.